The van der Waals surface area contributed by atoms with Gasteiger partial charge in [0.05, 0.1) is 5.02 Å². The minimum atomic E-state index is -3.55. The van der Waals surface area contributed by atoms with Gasteiger partial charge in [-0.2, -0.15) is 0 Å². The summed E-state index contributed by atoms with van der Waals surface area (Å²) in [4.78, 5) is 0.128. The summed E-state index contributed by atoms with van der Waals surface area (Å²) in [6, 6.07) is 4.82. The zero-order chi connectivity index (χ0) is 14.8. The van der Waals surface area contributed by atoms with Crippen molar-refractivity contribution in [2.24, 2.45) is 11.1 Å². The number of sulfonamides is 1. The van der Waals surface area contributed by atoms with Crippen LogP contribution in [0.2, 0.25) is 5.02 Å². The van der Waals surface area contributed by atoms with Crippen molar-refractivity contribution < 1.29 is 8.42 Å². The number of halogens is 1. The maximum absolute atomic E-state index is 12.3. The highest BCUT2D eigenvalue weighted by atomic mass is 35.5. The summed E-state index contributed by atoms with van der Waals surface area (Å²) in [7, 11) is -3.55. The molecule has 1 aromatic rings. The molecule has 0 heterocycles. The normalized spacial score (nSPS) is 17.1. The van der Waals surface area contributed by atoms with Crippen LogP contribution in [0.5, 0.6) is 0 Å². The SMILES string of the molecule is CCCC1(CNS(=O)(=O)c2ccc(CN)cc2Cl)CC1. The Morgan fingerprint density at radius 1 is 1.40 bits per heavy atom. The minimum absolute atomic E-state index is 0.128. The molecule has 0 atom stereocenters. The molecule has 1 saturated carbocycles. The molecule has 0 amide bonds. The van der Waals surface area contributed by atoms with Crippen LogP contribution in [-0.2, 0) is 16.6 Å². The van der Waals surface area contributed by atoms with Crippen molar-refractivity contribution in [3.8, 4) is 0 Å². The lowest BCUT2D eigenvalue weighted by Gasteiger charge is -2.15. The Kier molecular flexibility index (Phi) is 4.74. The van der Waals surface area contributed by atoms with Crippen LogP contribution in [0.25, 0.3) is 0 Å². The summed E-state index contributed by atoms with van der Waals surface area (Å²) < 4.78 is 27.3. The van der Waals surface area contributed by atoms with Crippen molar-refractivity contribution in [2.75, 3.05) is 6.54 Å². The third-order valence-corrected chi connectivity index (χ3v) is 5.78. The second-order valence-electron chi connectivity index (χ2n) is 5.54. The molecule has 0 spiro atoms. The monoisotopic (exact) mass is 316 g/mol. The fourth-order valence-electron chi connectivity index (χ4n) is 2.44. The highest BCUT2D eigenvalue weighted by Crippen LogP contribution is 2.49. The van der Waals surface area contributed by atoms with E-state index < -0.39 is 10.0 Å². The molecule has 1 aromatic carbocycles. The van der Waals surface area contributed by atoms with Crippen LogP contribution in [0, 0.1) is 5.41 Å². The molecule has 0 aliphatic heterocycles. The van der Waals surface area contributed by atoms with Crippen LogP contribution in [-0.4, -0.2) is 15.0 Å². The van der Waals surface area contributed by atoms with E-state index in [4.69, 9.17) is 17.3 Å². The third-order valence-electron chi connectivity index (χ3n) is 3.90. The van der Waals surface area contributed by atoms with Gasteiger partial charge in [0.25, 0.3) is 0 Å². The first-order valence-electron chi connectivity index (χ1n) is 6.91. The Hall–Kier alpha value is -0.620. The number of hydrogen-bond acceptors (Lipinski definition) is 3. The highest BCUT2D eigenvalue weighted by molar-refractivity contribution is 7.89. The van der Waals surface area contributed by atoms with E-state index >= 15 is 0 Å². The number of rotatable bonds is 7. The Morgan fingerprint density at radius 2 is 2.10 bits per heavy atom. The van der Waals surface area contributed by atoms with Gasteiger partial charge in [-0.3, -0.25) is 0 Å². The smallest absolute Gasteiger partial charge is 0.242 e. The Balaban J connectivity index is 2.10. The van der Waals surface area contributed by atoms with Gasteiger partial charge >= 0.3 is 0 Å². The summed E-state index contributed by atoms with van der Waals surface area (Å²) in [5, 5.41) is 0.223. The minimum Gasteiger partial charge on any atom is -0.326 e. The molecule has 0 bridgehead atoms. The second-order valence-corrected chi connectivity index (χ2v) is 7.69. The molecule has 20 heavy (non-hydrogen) atoms. The van der Waals surface area contributed by atoms with Crippen molar-refractivity contribution in [1.29, 1.82) is 0 Å². The lowest BCUT2D eigenvalue weighted by Crippen LogP contribution is -2.30. The maximum atomic E-state index is 12.3. The molecule has 4 nitrogen and oxygen atoms in total. The van der Waals surface area contributed by atoms with Gasteiger partial charge < -0.3 is 5.73 Å². The van der Waals surface area contributed by atoms with E-state index in [2.05, 4.69) is 11.6 Å². The van der Waals surface area contributed by atoms with Crippen LogP contribution < -0.4 is 10.5 Å². The van der Waals surface area contributed by atoms with Crippen LogP contribution in [0.4, 0.5) is 0 Å². The first-order valence-corrected chi connectivity index (χ1v) is 8.77. The third kappa shape index (κ3) is 3.52. The van der Waals surface area contributed by atoms with E-state index in [1.54, 1.807) is 12.1 Å². The lowest BCUT2D eigenvalue weighted by molar-refractivity contribution is 0.449. The first kappa shape index (κ1) is 15.8. The molecule has 6 heteroatoms. The molecule has 112 valence electrons. The zero-order valence-electron chi connectivity index (χ0n) is 11.7. The second kappa shape index (κ2) is 6.02. The fourth-order valence-corrected chi connectivity index (χ4v) is 4.16. The van der Waals surface area contributed by atoms with Gasteiger partial charge in [-0.15, -0.1) is 0 Å². The molecule has 0 aromatic heterocycles. The summed E-state index contributed by atoms with van der Waals surface area (Å²) in [5.74, 6) is 0. The number of nitrogens with one attached hydrogen (secondary N) is 1. The van der Waals surface area contributed by atoms with E-state index in [0.29, 0.717) is 13.1 Å². The molecule has 1 fully saturated rings. The predicted molar refractivity (Wildman–Crippen MR) is 81.1 cm³/mol. The van der Waals surface area contributed by atoms with Crippen LogP contribution >= 0.6 is 11.6 Å². The molecule has 1 aliphatic carbocycles. The molecule has 3 N–H and O–H groups in total. The van der Waals surface area contributed by atoms with Gasteiger partial charge in [0.1, 0.15) is 4.90 Å². The predicted octanol–water partition coefficient (Wildman–Crippen LogP) is 2.66. The molecule has 0 saturated heterocycles. The van der Waals surface area contributed by atoms with Gasteiger partial charge in [0.15, 0.2) is 0 Å². The van der Waals surface area contributed by atoms with Gasteiger partial charge in [-0.05, 0) is 42.4 Å². The standard InChI is InChI=1S/C14H21ClN2O2S/c1-2-5-14(6-7-14)10-17-20(18,19)13-4-3-11(9-16)8-12(13)15/h3-4,8,17H,2,5-7,9-10,16H2,1H3. The summed E-state index contributed by atoms with van der Waals surface area (Å²) in [6.07, 6.45) is 4.34. The van der Waals surface area contributed by atoms with E-state index in [-0.39, 0.29) is 15.3 Å². The van der Waals surface area contributed by atoms with Gasteiger partial charge in [0.2, 0.25) is 10.0 Å². The molecule has 2 rings (SSSR count). The average molecular weight is 317 g/mol. The topological polar surface area (TPSA) is 72.2 Å². The van der Waals surface area contributed by atoms with E-state index in [9.17, 15) is 8.42 Å². The van der Waals surface area contributed by atoms with Crippen LogP contribution in [0.3, 0.4) is 0 Å². The van der Waals surface area contributed by atoms with Crippen molar-refractivity contribution >= 4 is 21.6 Å². The average Bonchev–Trinajstić information content (AvgIpc) is 3.17. The fraction of sp³-hybridized carbons (Fsp3) is 0.571. The molecular weight excluding hydrogens is 296 g/mol. The summed E-state index contributed by atoms with van der Waals surface area (Å²) in [5.41, 5.74) is 6.50. The summed E-state index contributed by atoms with van der Waals surface area (Å²) in [6.45, 7) is 2.96. The number of hydrogen-bond donors (Lipinski definition) is 2. The molecular formula is C14H21ClN2O2S. The molecule has 1 aliphatic rings. The van der Waals surface area contributed by atoms with E-state index in [1.807, 2.05) is 0 Å². The van der Waals surface area contributed by atoms with E-state index in [0.717, 1.165) is 31.2 Å². The largest absolute Gasteiger partial charge is 0.326 e. The molecule has 0 unspecified atom stereocenters. The van der Waals surface area contributed by atoms with Crippen molar-refractivity contribution in [1.82, 2.24) is 4.72 Å². The van der Waals surface area contributed by atoms with Crippen LogP contribution in [0.1, 0.15) is 38.2 Å². The Bertz CT molecular complexity index is 583. The van der Waals surface area contributed by atoms with E-state index in [1.165, 1.54) is 6.07 Å². The van der Waals surface area contributed by atoms with Crippen molar-refractivity contribution in [3.05, 3.63) is 28.8 Å². The van der Waals surface area contributed by atoms with Crippen molar-refractivity contribution in [3.63, 3.8) is 0 Å². The Morgan fingerprint density at radius 3 is 2.60 bits per heavy atom. The van der Waals surface area contributed by atoms with Crippen molar-refractivity contribution in [2.45, 2.75) is 44.0 Å². The quantitative estimate of drug-likeness (QED) is 0.812. The number of benzene rings is 1. The summed E-state index contributed by atoms with van der Waals surface area (Å²) >= 11 is 6.04. The van der Waals surface area contributed by atoms with Crippen LogP contribution in [0.15, 0.2) is 23.1 Å². The molecule has 0 radical (unpaired) electrons. The zero-order valence-corrected chi connectivity index (χ0v) is 13.2. The van der Waals surface area contributed by atoms with Gasteiger partial charge in [0, 0.05) is 13.1 Å². The number of nitrogens with two attached hydrogens (primary N) is 1. The first-order chi connectivity index (χ1) is 9.42. The van der Waals surface area contributed by atoms with Gasteiger partial charge in [-0.1, -0.05) is 31.0 Å². The maximum Gasteiger partial charge on any atom is 0.242 e. The lowest BCUT2D eigenvalue weighted by atomic mass is 10.0. The Labute approximate surface area is 125 Å². The highest BCUT2D eigenvalue weighted by Gasteiger charge is 2.42. The van der Waals surface area contributed by atoms with Gasteiger partial charge in [-0.25, -0.2) is 13.1 Å².